The van der Waals surface area contributed by atoms with Crippen LogP contribution in [0.4, 0.5) is 0 Å². The second kappa shape index (κ2) is 9.27. The minimum absolute atomic E-state index is 0.0394. The van der Waals surface area contributed by atoms with Gasteiger partial charge in [0.25, 0.3) is 5.91 Å². The van der Waals surface area contributed by atoms with Crippen LogP contribution in [0.1, 0.15) is 52.1 Å². The third kappa shape index (κ3) is 4.73. The molecular weight excluding hydrogens is 418 g/mol. The number of hydrogen-bond acceptors (Lipinski definition) is 6. The third-order valence-electron chi connectivity index (χ3n) is 6.54. The molecule has 1 saturated heterocycles. The molecule has 33 heavy (non-hydrogen) atoms. The second-order valence-electron chi connectivity index (χ2n) is 8.86. The molecule has 1 aliphatic carbocycles. The number of hydrogen-bond donors (Lipinski definition) is 1. The summed E-state index contributed by atoms with van der Waals surface area (Å²) in [6.45, 7) is 2.32. The van der Waals surface area contributed by atoms with Gasteiger partial charge >= 0.3 is 0 Å². The molecule has 5 rings (SSSR count). The molecular formula is C26H29N3O4. The lowest BCUT2D eigenvalue weighted by molar-refractivity contribution is 0.0925. The summed E-state index contributed by atoms with van der Waals surface area (Å²) in [7, 11) is 3.33. The number of rotatable bonds is 8. The number of methoxy groups -OCH3 is 2. The summed E-state index contributed by atoms with van der Waals surface area (Å²) in [4.78, 5) is 15.4. The highest BCUT2D eigenvalue weighted by atomic mass is 16.5. The molecule has 0 spiro atoms. The maximum Gasteiger partial charge on any atom is 0.273 e. The van der Waals surface area contributed by atoms with Gasteiger partial charge in [-0.3, -0.25) is 9.69 Å². The molecule has 0 radical (unpaired) electrons. The summed E-state index contributed by atoms with van der Waals surface area (Å²) in [5.74, 6) is 2.62. The number of aromatic nitrogens is 1. The first-order valence-electron chi connectivity index (χ1n) is 11.4. The molecule has 1 aromatic heterocycles. The van der Waals surface area contributed by atoms with Crippen molar-refractivity contribution in [3.8, 4) is 11.5 Å². The van der Waals surface area contributed by atoms with Crippen LogP contribution in [-0.4, -0.2) is 49.3 Å². The first kappa shape index (κ1) is 21.5. The summed E-state index contributed by atoms with van der Waals surface area (Å²) in [5.41, 5.74) is 2.61. The van der Waals surface area contributed by atoms with Crippen LogP contribution in [0.15, 0.2) is 59.1 Å². The van der Waals surface area contributed by atoms with Crippen molar-refractivity contribution in [2.75, 3.05) is 27.3 Å². The van der Waals surface area contributed by atoms with Crippen molar-refractivity contribution in [1.29, 1.82) is 0 Å². The fourth-order valence-electron chi connectivity index (χ4n) is 4.65. The zero-order valence-corrected chi connectivity index (χ0v) is 19.0. The smallest absolute Gasteiger partial charge is 0.273 e. The van der Waals surface area contributed by atoms with Crippen molar-refractivity contribution in [3.63, 3.8) is 0 Å². The van der Waals surface area contributed by atoms with Gasteiger partial charge in [-0.15, -0.1) is 0 Å². The second-order valence-corrected chi connectivity index (χ2v) is 8.86. The summed E-state index contributed by atoms with van der Waals surface area (Å²) in [5, 5.41) is 7.24. The van der Waals surface area contributed by atoms with E-state index in [1.54, 1.807) is 20.3 Å². The van der Waals surface area contributed by atoms with Crippen LogP contribution in [0.2, 0.25) is 0 Å². The molecule has 3 aromatic rings. The highest BCUT2D eigenvalue weighted by Gasteiger charge is 2.37. The Balaban J connectivity index is 1.40. The van der Waals surface area contributed by atoms with Crippen molar-refractivity contribution >= 4 is 5.91 Å². The van der Waals surface area contributed by atoms with Crippen molar-refractivity contribution in [3.05, 3.63) is 77.2 Å². The Labute approximate surface area is 193 Å². The van der Waals surface area contributed by atoms with E-state index in [4.69, 9.17) is 14.0 Å². The van der Waals surface area contributed by atoms with Crippen LogP contribution in [0.25, 0.3) is 0 Å². The van der Waals surface area contributed by atoms with Crippen LogP contribution in [-0.2, 0) is 6.54 Å². The van der Waals surface area contributed by atoms with E-state index in [1.807, 2.05) is 24.3 Å². The van der Waals surface area contributed by atoms with Gasteiger partial charge < -0.3 is 19.3 Å². The zero-order chi connectivity index (χ0) is 22.8. The largest absolute Gasteiger partial charge is 0.497 e. The van der Waals surface area contributed by atoms with E-state index < -0.39 is 0 Å². The van der Waals surface area contributed by atoms with Crippen molar-refractivity contribution < 1.29 is 18.8 Å². The van der Waals surface area contributed by atoms with E-state index >= 15 is 0 Å². The average Bonchev–Trinajstić information content (AvgIpc) is 3.44. The maximum absolute atomic E-state index is 13.1. The quantitative estimate of drug-likeness (QED) is 0.563. The molecule has 2 aromatic carbocycles. The number of carbonyl (C=O) groups excluding carboxylic acids is 1. The molecule has 0 bridgehead atoms. The lowest BCUT2D eigenvalue weighted by Crippen LogP contribution is -2.40. The molecule has 2 aliphatic rings. The maximum atomic E-state index is 13.1. The van der Waals surface area contributed by atoms with Gasteiger partial charge in [-0.25, -0.2) is 0 Å². The highest BCUT2D eigenvalue weighted by Crippen LogP contribution is 2.40. The predicted octanol–water partition coefficient (Wildman–Crippen LogP) is 3.97. The van der Waals surface area contributed by atoms with E-state index in [2.05, 4.69) is 39.6 Å². The van der Waals surface area contributed by atoms with E-state index in [-0.39, 0.29) is 17.9 Å². The van der Waals surface area contributed by atoms with E-state index in [1.165, 1.54) is 5.56 Å². The molecule has 1 unspecified atom stereocenters. The van der Waals surface area contributed by atoms with Gasteiger partial charge in [0.1, 0.15) is 17.3 Å². The van der Waals surface area contributed by atoms with Gasteiger partial charge in [0, 0.05) is 43.1 Å². The first-order valence-corrected chi connectivity index (χ1v) is 11.4. The molecule has 1 N–H and O–H groups in total. The van der Waals surface area contributed by atoms with Crippen molar-refractivity contribution in [2.45, 2.75) is 37.3 Å². The molecule has 1 aliphatic heterocycles. The molecule has 172 valence electrons. The Morgan fingerprint density at radius 2 is 1.91 bits per heavy atom. The Bertz CT molecular complexity index is 1110. The number of likely N-dealkylation sites (tertiary alicyclic amines) is 1. The summed E-state index contributed by atoms with van der Waals surface area (Å²) in [6, 6.07) is 17.9. The molecule has 7 heteroatoms. The van der Waals surface area contributed by atoms with Crippen LogP contribution in [0, 0.1) is 0 Å². The molecule has 2 heterocycles. The van der Waals surface area contributed by atoms with Gasteiger partial charge in [0.05, 0.1) is 20.3 Å². The minimum atomic E-state index is -0.205. The fourth-order valence-corrected chi connectivity index (χ4v) is 4.65. The van der Waals surface area contributed by atoms with Gasteiger partial charge in [0.2, 0.25) is 0 Å². The topological polar surface area (TPSA) is 76.8 Å². The number of nitrogens with zero attached hydrogens (tertiary/aromatic N) is 2. The highest BCUT2D eigenvalue weighted by molar-refractivity contribution is 5.92. The Hall–Kier alpha value is -3.32. The van der Waals surface area contributed by atoms with Gasteiger partial charge in [-0.1, -0.05) is 35.5 Å². The SMILES string of the molecule is COc1ccc(OC)c(C2CN(Cc3ccccc3)C[C@H]2NC(=O)c2cc(C3CC3)on2)c1. The van der Waals surface area contributed by atoms with Crippen molar-refractivity contribution in [2.24, 2.45) is 0 Å². The number of carbonyl (C=O) groups is 1. The van der Waals surface area contributed by atoms with E-state index in [0.29, 0.717) is 11.6 Å². The number of ether oxygens (including phenoxy) is 2. The monoisotopic (exact) mass is 447 g/mol. The molecule has 1 saturated carbocycles. The molecule has 2 fully saturated rings. The lowest BCUT2D eigenvalue weighted by atomic mass is 9.93. The lowest BCUT2D eigenvalue weighted by Gasteiger charge is -2.22. The van der Waals surface area contributed by atoms with Crippen LogP contribution < -0.4 is 14.8 Å². The standard InChI is InChI=1S/C26H29N3O4/c1-31-19-10-11-24(32-2)20(12-19)21-15-29(14-17-6-4-3-5-7-17)16-23(21)27-26(30)22-13-25(33-28-22)18-8-9-18/h3-7,10-13,18,21,23H,8-9,14-16H2,1-2H3,(H,27,30)/t21?,23-/m1/s1. The first-order chi connectivity index (χ1) is 16.1. The molecule has 7 nitrogen and oxygen atoms in total. The van der Waals surface area contributed by atoms with E-state index in [0.717, 1.165) is 55.3 Å². The van der Waals surface area contributed by atoms with E-state index in [9.17, 15) is 4.79 Å². The molecule has 2 atom stereocenters. The minimum Gasteiger partial charge on any atom is -0.497 e. The van der Waals surface area contributed by atoms with Gasteiger partial charge in [-0.05, 0) is 36.6 Å². The summed E-state index contributed by atoms with van der Waals surface area (Å²) < 4.78 is 16.5. The summed E-state index contributed by atoms with van der Waals surface area (Å²) >= 11 is 0. The third-order valence-corrected chi connectivity index (χ3v) is 6.54. The summed E-state index contributed by atoms with van der Waals surface area (Å²) in [6.07, 6.45) is 2.20. The Morgan fingerprint density at radius 1 is 1.09 bits per heavy atom. The zero-order valence-electron chi connectivity index (χ0n) is 19.0. The number of benzene rings is 2. The van der Waals surface area contributed by atoms with Crippen LogP contribution in [0.3, 0.4) is 0 Å². The van der Waals surface area contributed by atoms with Crippen LogP contribution in [0.5, 0.6) is 11.5 Å². The van der Waals surface area contributed by atoms with Crippen molar-refractivity contribution in [1.82, 2.24) is 15.4 Å². The number of amides is 1. The normalized spacial score (nSPS) is 20.5. The fraction of sp³-hybridized carbons (Fsp3) is 0.385. The average molecular weight is 448 g/mol. The number of nitrogens with one attached hydrogen (secondary N) is 1. The predicted molar refractivity (Wildman–Crippen MR) is 124 cm³/mol. The van der Waals surface area contributed by atoms with Crippen LogP contribution >= 0.6 is 0 Å². The Kier molecular flexibility index (Phi) is 6.05. The van der Waals surface area contributed by atoms with Gasteiger partial charge in [-0.2, -0.15) is 0 Å². The van der Waals surface area contributed by atoms with Gasteiger partial charge in [0.15, 0.2) is 5.69 Å². The molecule has 1 amide bonds. The Morgan fingerprint density at radius 3 is 2.64 bits per heavy atom.